The molecule has 0 aliphatic carbocycles. The third-order valence-corrected chi connectivity index (χ3v) is 4.65. The van der Waals surface area contributed by atoms with E-state index in [1.54, 1.807) is 13.0 Å². The van der Waals surface area contributed by atoms with E-state index < -0.39 is 10.2 Å². The summed E-state index contributed by atoms with van der Waals surface area (Å²) in [5.41, 5.74) is 0.615. The molecular formula is C11H17ClN4O2S. The van der Waals surface area contributed by atoms with Crippen molar-refractivity contribution in [2.75, 3.05) is 17.8 Å². The lowest BCUT2D eigenvalue weighted by Crippen LogP contribution is -2.42. The minimum atomic E-state index is -3.60. The van der Waals surface area contributed by atoms with Gasteiger partial charge in [-0.15, -0.1) is 0 Å². The predicted molar refractivity (Wildman–Crippen MR) is 74.3 cm³/mol. The Hall–Kier alpha value is -0.920. The number of hydrogen-bond acceptors (Lipinski definition) is 4. The number of aryl methyl sites for hydroxylation is 1. The Morgan fingerprint density at radius 1 is 1.47 bits per heavy atom. The van der Waals surface area contributed by atoms with Crippen LogP contribution in [0.2, 0.25) is 5.15 Å². The van der Waals surface area contributed by atoms with Crippen LogP contribution in [-0.2, 0) is 10.2 Å². The molecule has 0 saturated carbocycles. The molecule has 1 saturated heterocycles. The molecule has 106 valence electrons. The second kappa shape index (κ2) is 5.60. The van der Waals surface area contributed by atoms with Crippen LogP contribution in [0.5, 0.6) is 0 Å². The summed E-state index contributed by atoms with van der Waals surface area (Å²) in [7, 11) is -3.60. The molecule has 1 aliphatic heterocycles. The van der Waals surface area contributed by atoms with Gasteiger partial charge in [0.2, 0.25) is 5.95 Å². The highest BCUT2D eigenvalue weighted by Gasteiger charge is 2.27. The zero-order valence-electron chi connectivity index (χ0n) is 10.9. The van der Waals surface area contributed by atoms with E-state index in [1.807, 2.05) is 6.92 Å². The van der Waals surface area contributed by atoms with Crippen molar-refractivity contribution in [1.82, 2.24) is 14.3 Å². The molecule has 0 radical (unpaired) electrons. The lowest BCUT2D eigenvalue weighted by molar-refractivity contribution is 0.282. The molecule has 1 unspecified atom stereocenters. The Morgan fingerprint density at radius 2 is 2.21 bits per heavy atom. The lowest BCUT2D eigenvalue weighted by Gasteiger charge is -2.29. The fourth-order valence-corrected chi connectivity index (χ4v) is 3.63. The van der Waals surface area contributed by atoms with Crippen molar-refractivity contribution in [2.45, 2.75) is 26.7 Å². The number of halogens is 1. The van der Waals surface area contributed by atoms with Crippen LogP contribution in [0.1, 0.15) is 25.5 Å². The van der Waals surface area contributed by atoms with Gasteiger partial charge in [0.15, 0.2) is 0 Å². The van der Waals surface area contributed by atoms with E-state index in [0.29, 0.717) is 24.7 Å². The van der Waals surface area contributed by atoms with Crippen LogP contribution in [0.4, 0.5) is 5.95 Å². The third kappa shape index (κ3) is 3.77. The van der Waals surface area contributed by atoms with Gasteiger partial charge in [0.05, 0.1) is 0 Å². The number of aromatic nitrogens is 2. The molecule has 2 rings (SSSR count). The monoisotopic (exact) mass is 304 g/mol. The summed E-state index contributed by atoms with van der Waals surface area (Å²) < 4.78 is 28.2. The molecule has 1 aromatic heterocycles. The van der Waals surface area contributed by atoms with E-state index in [4.69, 9.17) is 11.6 Å². The molecule has 6 nitrogen and oxygen atoms in total. The molecule has 2 heterocycles. The number of anilines is 1. The van der Waals surface area contributed by atoms with Crippen LogP contribution >= 0.6 is 11.6 Å². The summed E-state index contributed by atoms with van der Waals surface area (Å²) in [5.74, 6) is 0.385. The topological polar surface area (TPSA) is 75.2 Å². The Morgan fingerprint density at radius 3 is 2.84 bits per heavy atom. The van der Waals surface area contributed by atoms with Crippen molar-refractivity contribution in [3.05, 3.63) is 16.9 Å². The summed E-state index contributed by atoms with van der Waals surface area (Å²) in [6.45, 7) is 4.82. The number of nitrogens with one attached hydrogen (secondary N) is 1. The van der Waals surface area contributed by atoms with Gasteiger partial charge in [-0.1, -0.05) is 18.5 Å². The molecule has 1 fully saturated rings. The number of nitrogens with zero attached hydrogens (tertiary/aromatic N) is 3. The molecule has 0 amide bonds. The summed E-state index contributed by atoms with van der Waals surface area (Å²) in [6.07, 6.45) is 1.93. The highest BCUT2D eigenvalue weighted by molar-refractivity contribution is 7.90. The zero-order chi connectivity index (χ0) is 14.0. The van der Waals surface area contributed by atoms with Crippen molar-refractivity contribution in [2.24, 2.45) is 5.92 Å². The molecule has 8 heteroatoms. The zero-order valence-corrected chi connectivity index (χ0v) is 12.5. The molecule has 0 bridgehead atoms. The second-order valence-corrected chi connectivity index (χ2v) is 6.93. The average Bonchev–Trinajstić information content (AvgIpc) is 2.26. The fourth-order valence-electron chi connectivity index (χ4n) is 2.12. The molecule has 0 aromatic carbocycles. The molecule has 1 atom stereocenters. The summed E-state index contributed by atoms with van der Waals surface area (Å²) in [4.78, 5) is 7.89. The summed E-state index contributed by atoms with van der Waals surface area (Å²) in [5, 5.41) is 0.220. The van der Waals surface area contributed by atoms with Crippen LogP contribution in [0.25, 0.3) is 0 Å². The van der Waals surface area contributed by atoms with Crippen molar-refractivity contribution in [3.63, 3.8) is 0 Å². The van der Waals surface area contributed by atoms with Gasteiger partial charge in [-0.3, -0.25) is 0 Å². The second-order valence-electron chi connectivity index (χ2n) is 4.87. The normalized spacial score (nSPS) is 21.3. The van der Waals surface area contributed by atoms with E-state index in [1.165, 1.54) is 4.31 Å². The highest BCUT2D eigenvalue weighted by atomic mass is 35.5. The van der Waals surface area contributed by atoms with Gasteiger partial charge in [-0.2, -0.15) is 12.7 Å². The van der Waals surface area contributed by atoms with Crippen LogP contribution < -0.4 is 4.72 Å². The van der Waals surface area contributed by atoms with E-state index >= 15 is 0 Å². The third-order valence-electron chi connectivity index (χ3n) is 3.00. The first-order valence-electron chi connectivity index (χ1n) is 6.16. The van der Waals surface area contributed by atoms with Crippen LogP contribution in [0.3, 0.4) is 0 Å². The Bertz CT molecular complexity index is 544. The smallest absolute Gasteiger partial charge is 0.238 e. The Labute approximate surface area is 118 Å². The van der Waals surface area contributed by atoms with E-state index in [-0.39, 0.29) is 11.1 Å². The molecule has 1 aliphatic rings. The molecule has 1 aromatic rings. The van der Waals surface area contributed by atoms with Crippen molar-refractivity contribution >= 4 is 27.8 Å². The van der Waals surface area contributed by atoms with E-state index in [2.05, 4.69) is 14.7 Å². The lowest BCUT2D eigenvalue weighted by atomic mass is 10.0. The van der Waals surface area contributed by atoms with Gasteiger partial charge >= 0.3 is 10.2 Å². The maximum atomic E-state index is 12.2. The van der Waals surface area contributed by atoms with Gasteiger partial charge in [0, 0.05) is 18.8 Å². The molecule has 19 heavy (non-hydrogen) atoms. The first-order valence-corrected chi connectivity index (χ1v) is 7.98. The standard InChI is InChI=1S/C11H17ClN4O2S/c1-8-4-3-5-16(7-8)19(17,18)15-11-13-9(2)6-10(12)14-11/h6,8H,3-5,7H2,1-2H3,(H,13,14,15). The highest BCUT2D eigenvalue weighted by Crippen LogP contribution is 2.19. The molecular weight excluding hydrogens is 288 g/mol. The van der Waals surface area contributed by atoms with Gasteiger partial charge in [0.25, 0.3) is 0 Å². The SMILES string of the molecule is Cc1cc(Cl)nc(NS(=O)(=O)N2CCCC(C)C2)n1. The van der Waals surface area contributed by atoms with Crippen molar-refractivity contribution in [3.8, 4) is 0 Å². The largest absolute Gasteiger partial charge is 0.303 e. The number of rotatable bonds is 3. The van der Waals surface area contributed by atoms with Gasteiger partial charge in [-0.05, 0) is 31.7 Å². The minimum Gasteiger partial charge on any atom is -0.238 e. The Balaban J connectivity index is 2.16. The number of piperidine rings is 1. The van der Waals surface area contributed by atoms with Crippen molar-refractivity contribution in [1.29, 1.82) is 0 Å². The fraction of sp³-hybridized carbons (Fsp3) is 0.636. The van der Waals surface area contributed by atoms with Gasteiger partial charge in [-0.25, -0.2) is 14.7 Å². The van der Waals surface area contributed by atoms with Crippen LogP contribution in [0.15, 0.2) is 6.07 Å². The maximum absolute atomic E-state index is 12.2. The molecule has 0 spiro atoms. The van der Waals surface area contributed by atoms with Gasteiger partial charge < -0.3 is 0 Å². The van der Waals surface area contributed by atoms with Crippen molar-refractivity contribution < 1.29 is 8.42 Å². The first-order chi connectivity index (χ1) is 8.87. The summed E-state index contributed by atoms with van der Waals surface area (Å²) in [6, 6.07) is 1.57. The van der Waals surface area contributed by atoms with Crippen LogP contribution in [0, 0.1) is 12.8 Å². The van der Waals surface area contributed by atoms with E-state index in [9.17, 15) is 8.42 Å². The minimum absolute atomic E-state index is 0.0169. The quantitative estimate of drug-likeness (QED) is 0.864. The maximum Gasteiger partial charge on any atom is 0.303 e. The van der Waals surface area contributed by atoms with Gasteiger partial charge in [0.1, 0.15) is 5.15 Å². The Kier molecular flexibility index (Phi) is 4.27. The predicted octanol–water partition coefficient (Wildman–Crippen LogP) is 1.83. The average molecular weight is 305 g/mol. The number of hydrogen-bond donors (Lipinski definition) is 1. The van der Waals surface area contributed by atoms with E-state index in [0.717, 1.165) is 12.8 Å². The van der Waals surface area contributed by atoms with Crippen LogP contribution in [-0.4, -0.2) is 35.8 Å². The molecule has 1 N–H and O–H groups in total. The first kappa shape index (κ1) is 14.5. The summed E-state index contributed by atoms with van der Waals surface area (Å²) >= 11 is 5.79.